The van der Waals surface area contributed by atoms with Crippen LogP contribution in [0, 0.1) is 20.8 Å². The third kappa shape index (κ3) is 5.65. The summed E-state index contributed by atoms with van der Waals surface area (Å²) in [6, 6.07) is 2.38. The quantitative estimate of drug-likeness (QED) is 0.432. The van der Waals surface area contributed by atoms with Gasteiger partial charge in [-0.3, -0.25) is 4.90 Å². The Morgan fingerprint density at radius 2 is 2.10 bits per heavy atom. The second kappa shape index (κ2) is 9.82. The molecule has 0 spiro atoms. The highest BCUT2D eigenvalue weighted by atomic mass is 16.3. The minimum Gasteiger partial charge on any atom is -0.466 e. The Morgan fingerprint density at radius 3 is 2.71 bits per heavy atom. The van der Waals surface area contributed by atoms with Gasteiger partial charge in [0, 0.05) is 25.2 Å². The molecule has 0 saturated carbocycles. The Labute approximate surface area is 184 Å². The summed E-state index contributed by atoms with van der Waals surface area (Å²) in [6.45, 7) is 13.4. The van der Waals surface area contributed by atoms with E-state index in [1.807, 2.05) is 38.5 Å². The zero-order valence-electron chi connectivity index (χ0n) is 19.7. The maximum Gasteiger partial charge on any atom is 0.191 e. The molecule has 0 bridgehead atoms. The van der Waals surface area contributed by atoms with Gasteiger partial charge >= 0.3 is 0 Å². The van der Waals surface area contributed by atoms with Crippen molar-refractivity contribution in [2.45, 2.75) is 65.6 Å². The number of aryl methyl sites for hydroxylation is 3. The molecule has 9 heteroatoms. The Balaban J connectivity index is 1.70. The van der Waals surface area contributed by atoms with E-state index < -0.39 is 5.60 Å². The molecule has 1 saturated heterocycles. The summed E-state index contributed by atoms with van der Waals surface area (Å²) in [5.41, 5.74) is -0.303. The van der Waals surface area contributed by atoms with Gasteiger partial charge in [-0.1, -0.05) is 6.92 Å². The van der Waals surface area contributed by atoms with Gasteiger partial charge in [-0.2, -0.15) is 0 Å². The summed E-state index contributed by atoms with van der Waals surface area (Å²) in [4.78, 5) is 7.21. The fourth-order valence-corrected chi connectivity index (χ4v) is 4.19. The van der Waals surface area contributed by atoms with Crippen LogP contribution in [0.2, 0.25) is 0 Å². The molecule has 172 valence electrons. The van der Waals surface area contributed by atoms with Crippen molar-refractivity contribution in [3.63, 3.8) is 0 Å². The second-order valence-corrected chi connectivity index (χ2v) is 8.65. The van der Waals surface area contributed by atoms with E-state index in [-0.39, 0.29) is 0 Å². The molecular weight excluding hydrogens is 394 g/mol. The van der Waals surface area contributed by atoms with Gasteiger partial charge in [0.15, 0.2) is 11.8 Å². The predicted molar refractivity (Wildman–Crippen MR) is 121 cm³/mol. The fraction of sp³-hybridized carbons (Fsp3) is 0.682. The maximum atomic E-state index is 11.1. The lowest BCUT2D eigenvalue weighted by atomic mass is 9.96. The molecule has 1 fully saturated rings. The van der Waals surface area contributed by atoms with Crippen LogP contribution in [0.25, 0.3) is 0 Å². The Bertz CT molecular complexity index is 900. The average molecular weight is 432 g/mol. The van der Waals surface area contributed by atoms with Crippen molar-refractivity contribution < 1.29 is 9.52 Å². The third-order valence-electron chi connectivity index (χ3n) is 6.19. The third-order valence-corrected chi connectivity index (χ3v) is 6.19. The number of guanidine groups is 1. The molecule has 2 aromatic heterocycles. The zero-order valence-corrected chi connectivity index (χ0v) is 19.7. The number of aromatic nitrogens is 3. The van der Waals surface area contributed by atoms with Gasteiger partial charge in [-0.25, -0.2) is 4.99 Å². The van der Waals surface area contributed by atoms with Gasteiger partial charge in [-0.15, -0.1) is 10.2 Å². The van der Waals surface area contributed by atoms with E-state index in [1.165, 1.54) is 12.8 Å². The number of nitrogens with one attached hydrogen (secondary N) is 2. The van der Waals surface area contributed by atoms with Crippen molar-refractivity contribution in [3.8, 4) is 0 Å². The smallest absolute Gasteiger partial charge is 0.191 e. The highest BCUT2D eigenvalue weighted by Crippen LogP contribution is 2.26. The van der Waals surface area contributed by atoms with Crippen molar-refractivity contribution in [2.75, 3.05) is 26.2 Å². The molecule has 2 aromatic rings. The first-order valence-electron chi connectivity index (χ1n) is 11.1. The van der Waals surface area contributed by atoms with Gasteiger partial charge in [0.25, 0.3) is 0 Å². The predicted octanol–water partition coefficient (Wildman–Crippen LogP) is 1.76. The molecule has 3 rings (SSSR count). The molecule has 2 atom stereocenters. The van der Waals surface area contributed by atoms with Crippen molar-refractivity contribution in [3.05, 3.63) is 34.8 Å². The Kier molecular flexibility index (Phi) is 7.38. The molecule has 1 aliphatic heterocycles. The second-order valence-electron chi connectivity index (χ2n) is 8.65. The molecule has 0 aromatic carbocycles. The molecule has 9 nitrogen and oxygen atoms in total. The largest absolute Gasteiger partial charge is 0.466 e. The first-order chi connectivity index (χ1) is 14.7. The lowest BCUT2D eigenvalue weighted by molar-refractivity contribution is 0.0601. The van der Waals surface area contributed by atoms with Gasteiger partial charge in [0.05, 0.1) is 6.54 Å². The molecule has 1 aliphatic rings. The van der Waals surface area contributed by atoms with E-state index >= 15 is 0 Å². The van der Waals surface area contributed by atoms with E-state index in [2.05, 4.69) is 32.7 Å². The molecule has 0 aliphatic carbocycles. The van der Waals surface area contributed by atoms with Gasteiger partial charge in [-0.05, 0) is 59.7 Å². The van der Waals surface area contributed by atoms with Crippen LogP contribution >= 0.6 is 0 Å². The van der Waals surface area contributed by atoms with Gasteiger partial charge in [0.1, 0.15) is 29.5 Å². The lowest BCUT2D eigenvalue weighted by Gasteiger charge is -2.27. The summed E-state index contributed by atoms with van der Waals surface area (Å²) in [7, 11) is 1.94. The van der Waals surface area contributed by atoms with Crippen LogP contribution in [-0.4, -0.2) is 63.0 Å². The number of aliphatic hydroxyl groups is 1. The summed E-state index contributed by atoms with van der Waals surface area (Å²) >= 11 is 0. The van der Waals surface area contributed by atoms with E-state index in [9.17, 15) is 5.11 Å². The van der Waals surface area contributed by atoms with Crippen LogP contribution in [0.15, 0.2) is 15.5 Å². The molecule has 2 unspecified atom stereocenters. The van der Waals surface area contributed by atoms with Crippen LogP contribution in [0.1, 0.15) is 55.4 Å². The van der Waals surface area contributed by atoms with Gasteiger partial charge < -0.3 is 24.7 Å². The van der Waals surface area contributed by atoms with Crippen molar-refractivity contribution in [2.24, 2.45) is 12.0 Å². The van der Waals surface area contributed by atoms with Crippen molar-refractivity contribution in [1.29, 1.82) is 0 Å². The highest BCUT2D eigenvalue weighted by molar-refractivity contribution is 5.79. The normalized spacial score (nSPS) is 19.6. The molecule has 0 radical (unpaired) electrons. The number of hydrogen-bond acceptors (Lipinski definition) is 6. The van der Waals surface area contributed by atoms with Crippen LogP contribution in [0.5, 0.6) is 0 Å². The van der Waals surface area contributed by atoms with E-state index in [0.717, 1.165) is 48.4 Å². The summed E-state index contributed by atoms with van der Waals surface area (Å²) in [5.74, 6) is 3.82. The molecule has 0 amide bonds. The average Bonchev–Trinajstić information content (AvgIpc) is 3.41. The summed E-state index contributed by atoms with van der Waals surface area (Å²) in [6.07, 6.45) is 2.41. The van der Waals surface area contributed by atoms with E-state index in [0.29, 0.717) is 25.1 Å². The number of furan rings is 1. The topological polar surface area (TPSA) is 104 Å². The van der Waals surface area contributed by atoms with Crippen molar-refractivity contribution in [1.82, 2.24) is 30.3 Å². The summed E-state index contributed by atoms with van der Waals surface area (Å²) < 4.78 is 7.55. The lowest BCUT2D eigenvalue weighted by Crippen LogP contribution is -2.48. The minimum absolute atomic E-state index is 0.304. The van der Waals surface area contributed by atoms with Crippen LogP contribution in [0.4, 0.5) is 0 Å². The standard InChI is InChI=1S/C22H37N7O2/c1-7-29-10-8-9-18(29)12-23-21(24-13-20-27-26-17(4)28(20)6)25-14-22(5,30)19-11-15(2)31-16(19)3/h11,18,30H,7-10,12-14H2,1-6H3,(H2,23,24,25). The minimum atomic E-state index is -1.09. The molecule has 31 heavy (non-hydrogen) atoms. The monoisotopic (exact) mass is 431 g/mol. The zero-order chi connectivity index (χ0) is 22.6. The first kappa shape index (κ1) is 23.3. The number of nitrogens with zero attached hydrogens (tertiary/aromatic N) is 5. The van der Waals surface area contributed by atoms with Crippen LogP contribution < -0.4 is 10.6 Å². The summed E-state index contributed by atoms with van der Waals surface area (Å²) in [5, 5.41) is 26.2. The van der Waals surface area contributed by atoms with Crippen molar-refractivity contribution >= 4 is 5.96 Å². The van der Waals surface area contributed by atoms with E-state index in [4.69, 9.17) is 9.41 Å². The van der Waals surface area contributed by atoms with Gasteiger partial charge in [0.2, 0.25) is 0 Å². The van der Waals surface area contributed by atoms with E-state index in [1.54, 1.807) is 6.92 Å². The fourth-order valence-electron chi connectivity index (χ4n) is 4.19. The highest BCUT2D eigenvalue weighted by Gasteiger charge is 2.28. The number of likely N-dealkylation sites (N-methyl/N-ethyl adjacent to an activating group) is 1. The molecule has 3 N–H and O–H groups in total. The van der Waals surface area contributed by atoms with Crippen LogP contribution in [-0.2, 0) is 19.2 Å². The first-order valence-corrected chi connectivity index (χ1v) is 11.1. The maximum absolute atomic E-state index is 11.1. The SMILES string of the molecule is CCN1CCCC1CNC(=NCc1nnc(C)n1C)NCC(C)(O)c1cc(C)oc1C. The molecular formula is C22H37N7O2. The number of rotatable bonds is 8. The molecule has 3 heterocycles. The Hall–Kier alpha value is -2.39. The number of hydrogen-bond donors (Lipinski definition) is 3. The number of likely N-dealkylation sites (tertiary alicyclic amines) is 1. The van der Waals surface area contributed by atoms with Crippen LogP contribution in [0.3, 0.4) is 0 Å². The Morgan fingerprint density at radius 1 is 1.32 bits per heavy atom. The number of aliphatic imine (C=N–C) groups is 1.